The lowest BCUT2D eigenvalue weighted by Gasteiger charge is -2.20. The average Bonchev–Trinajstić information content (AvgIpc) is 2.99. The molecule has 0 amide bonds. The highest BCUT2D eigenvalue weighted by atomic mass is 32.2. The molecule has 1 fully saturated rings. The minimum atomic E-state index is -3.90. The number of carboxylic acids is 1. The molecule has 2 heterocycles. The number of sulfonamides is 1. The van der Waals surface area contributed by atoms with Gasteiger partial charge in [-0.05, 0) is 31.9 Å². The zero-order valence-electron chi connectivity index (χ0n) is 12.9. The molecule has 126 valence electrons. The van der Waals surface area contributed by atoms with E-state index >= 15 is 0 Å². The first kappa shape index (κ1) is 16.2. The number of carboxylic acid groups (broad SMARTS) is 1. The fourth-order valence-electron chi connectivity index (χ4n) is 3.02. The lowest BCUT2D eigenvalue weighted by molar-refractivity contribution is -0.148. The van der Waals surface area contributed by atoms with Crippen molar-refractivity contribution in [1.29, 1.82) is 0 Å². The van der Waals surface area contributed by atoms with Gasteiger partial charge in [-0.25, -0.2) is 17.9 Å². The van der Waals surface area contributed by atoms with E-state index in [0.717, 1.165) is 5.56 Å². The summed E-state index contributed by atoms with van der Waals surface area (Å²) in [7, 11) is -3.90. The van der Waals surface area contributed by atoms with Gasteiger partial charge in [0.05, 0.1) is 6.04 Å². The van der Waals surface area contributed by atoms with Crippen molar-refractivity contribution in [1.82, 2.24) is 4.72 Å². The number of fused-ring (bicyclic) bond motifs is 1. The van der Waals surface area contributed by atoms with Crippen LogP contribution in [0.1, 0.15) is 25.8 Å². The topological polar surface area (TPSA) is 102 Å². The third-order valence-electron chi connectivity index (χ3n) is 3.99. The summed E-state index contributed by atoms with van der Waals surface area (Å²) in [5, 5.41) is 9.09. The maximum absolute atomic E-state index is 12.7. The molecule has 1 aromatic rings. The van der Waals surface area contributed by atoms with Gasteiger partial charge in [0.25, 0.3) is 0 Å². The van der Waals surface area contributed by atoms with Crippen molar-refractivity contribution in [2.45, 2.75) is 49.3 Å². The minimum absolute atomic E-state index is 0.0385. The van der Waals surface area contributed by atoms with Crippen LogP contribution >= 0.6 is 0 Å². The molecule has 0 saturated carbocycles. The van der Waals surface area contributed by atoms with Crippen LogP contribution in [-0.2, 0) is 26.0 Å². The van der Waals surface area contributed by atoms with Gasteiger partial charge in [0.1, 0.15) is 16.2 Å². The van der Waals surface area contributed by atoms with Crippen LogP contribution < -0.4 is 9.46 Å². The molecule has 0 aliphatic carbocycles. The van der Waals surface area contributed by atoms with E-state index in [1.807, 2.05) is 19.9 Å². The van der Waals surface area contributed by atoms with Crippen LogP contribution in [0, 0.1) is 0 Å². The van der Waals surface area contributed by atoms with E-state index in [1.165, 1.54) is 6.07 Å². The molecule has 1 aromatic carbocycles. The monoisotopic (exact) mass is 341 g/mol. The number of benzene rings is 1. The number of hydrogen-bond donors (Lipinski definition) is 2. The van der Waals surface area contributed by atoms with E-state index < -0.39 is 33.7 Å². The lowest BCUT2D eigenvalue weighted by atomic mass is 10.0. The second-order valence-corrected chi connectivity index (χ2v) is 8.11. The van der Waals surface area contributed by atoms with Crippen molar-refractivity contribution in [2.75, 3.05) is 6.61 Å². The number of para-hydroxylation sites is 1. The predicted octanol–water partition coefficient (Wildman–Crippen LogP) is 0.921. The van der Waals surface area contributed by atoms with Gasteiger partial charge in [0.15, 0.2) is 6.10 Å². The Bertz CT molecular complexity index is 742. The van der Waals surface area contributed by atoms with Crippen LogP contribution in [0.5, 0.6) is 5.75 Å². The molecule has 0 bridgehead atoms. The maximum atomic E-state index is 12.7. The molecule has 0 unspecified atom stereocenters. The van der Waals surface area contributed by atoms with E-state index in [4.69, 9.17) is 14.6 Å². The number of ether oxygens (including phenoxy) is 2. The van der Waals surface area contributed by atoms with Crippen molar-refractivity contribution in [3.05, 3.63) is 23.8 Å². The van der Waals surface area contributed by atoms with Gasteiger partial charge in [-0.1, -0.05) is 12.1 Å². The van der Waals surface area contributed by atoms with E-state index in [1.54, 1.807) is 6.07 Å². The van der Waals surface area contributed by atoms with Gasteiger partial charge < -0.3 is 14.6 Å². The van der Waals surface area contributed by atoms with Gasteiger partial charge >= 0.3 is 5.97 Å². The van der Waals surface area contributed by atoms with Crippen molar-refractivity contribution in [2.24, 2.45) is 0 Å². The molecule has 2 atom stereocenters. The first-order valence-corrected chi connectivity index (χ1v) is 8.86. The second-order valence-electron chi connectivity index (χ2n) is 6.43. The number of carbonyl (C=O) groups is 1. The van der Waals surface area contributed by atoms with Gasteiger partial charge in [0.2, 0.25) is 10.0 Å². The highest BCUT2D eigenvalue weighted by Crippen LogP contribution is 2.39. The van der Waals surface area contributed by atoms with Crippen LogP contribution in [0.25, 0.3) is 0 Å². The van der Waals surface area contributed by atoms with E-state index in [2.05, 4.69) is 4.72 Å². The smallest absolute Gasteiger partial charge is 0.334 e. The summed E-state index contributed by atoms with van der Waals surface area (Å²) in [6.45, 7) is 3.99. The summed E-state index contributed by atoms with van der Waals surface area (Å²) in [6.07, 6.45) is -0.230. The van der Waals surface area contributed by atoms with Crippen LogP contribution in [0.15, 0.2) is 23.1 Å². The van der Waals surface area contributed by atoms with Crippen molar-refractivity contribution >= 4 is 16.0 Å². The second kappa shape index (κ2) is 5.47. The normalized spacial score (nSPS) is 25.8. The quantitative estimate of drug-likeness (QED) is 0.844. The molecule has 8 heteroatoms. The Kier molecular flexibility index (Phi) is 3.86. The molecule has 7 nitrogen and oxygen atoms in total. The predicted molar refractivity (Wildman–Crippen MR) is 81.0 cm³/mol. The molecule has 0 radical (unpaired) electrons. The first-order chi connectivity index (χ1) is 10.7. The summed E-state index contributed by atoms with van der Waals surface area (Å²) < 4.78 is 38.7. The number of aliphatic carboxylic acids is 1. The lowest BCUT2D eigenvalue weighted by Crippen LogP contribution is -2.44. The van der Waals surface area contributed by atoms with E-state index in [9.17, 15) is 13.2 Å². The van der Waals surface area contributed by atoms with E-state index in [-0.39, 0.29) is 11.5 Å². The molecular formula is C15H19NO6S. The fourth-order valence-corrected chi connectivity index (χ4v) is 4.46. The zero-order chi connectivity index (χ0) is 16.8. The van der Waals surface area contributed by atoms with E-state index in [0.29, 0.717) is 18.6 Å². The Labute approximate surface area is 134 Å². The summed E-state index contributed by atoms with van der Waals surface area (Å²) in [6, 6.07) is 4.18. The molecule has 3 rings (SSSR count). The molecule has 0 spiro atoms. The Morgan fingerprint density at radius 3 is 2.83 bits per heavy atom. The Morgan fingerprint density at radius 1 is 1.39 bits per heavy atom. The molecule has 2 aliphatic heterocycles. The summed E-state index contributed by atoms with van der Waals surface area (Å²) >= 11 is 0. The maximum Gasteiger partial charge on any atom is 0.334 e. The SMILES string of the molecule is CC1(C)Cc2cccc(S(=O)(=O)N[C@@H]3CCO[C@@H]3C(=O)O)c2O1. The molecule has 23 heavy (non-hydrogen) atoms. The Hall–Kier alpha value is -1.64. The Balaban J connectivity index is 1.90. The molecule has 0 aromatic heterocycles. The van der Waals surface area contributed by atoms with Gasteiger partial charge in [-0.2, -0.15) is 0 Å². The van der Waals surface area contributed by atoms with Crippen LogP contribution in [-0.4, -0.2) is 43.8 Å². The zero-order valence-corrected chi connectivity index (χ0v) is 13.7. The molecule has 1 saturated heterocycles. The molecule has 2 N–H and O–H groups in total. The van der Waals surface area contributed by atoms with Crippen molar-refractivity contribution in [3.63, 3.8) is 0 Å². The average molecular weight is 341 g/mol. The van der Waals surface area contributed by atoms with Crippen LogP contribution in [0.4, 0.5) is 0 Å². The van der Waals surface area contributed by atoms with Gasteiger partial charge in [-0.3, -0.25) is 0 Å². The highest BCUT2D eigenvalue weighted by Gasteiger charge is 2.39. The molecular weight excluding hydrogens is 322 g/mol. The minimum Gasteiger partial charge on any atom is -0.486 e. The van der Waals surface area contributed by atoms with Crippen molar-refractivity contribution in [3.8, 4) is 5.75 Å². The number of rotatable bonds is 4. The highest BCUT2D eigenvalue weighted by molar-refractivity contribution is 7.89. The van der Waals surface area contributed by atoms with Gasteiger partial charge in [-0.15, -0.1) is 0 Å². The number of hydrogen-bond acceptors (Lipinski definition) is 5. The molecule has 2 aliphatic rings. The summed E-state index contributed by atoms with van der Waals surface area (Å²) in [5.74, 6) is -0.832. The Morgan fingerprint density at radius 2 is 2.13 bits per heavy atom. The van der Waals surface area contributed by atoms with Gasteiger partial charge in [0, 0.05) is 13.0 Å². The summed E-state index contributed by atoms with van der Waals surface area (Å²) in [4.78, 5) is 11.2. The fraction of sp³-hybridized carbons (Fsp3) is 0.533. The first-order valence-electron chi connectivity index (χ1n) is 7.37. The van der Waals surface area contributed by atoms with Crippen LogP contribution in [0.3, 0.4) is 0 Å². The standard InChI is InChI=1S/C15H19NO6S/c1-15(2)8-9-4-3-5-11(12(9)22-15)23(19,20)16-10-6-7-21-13(10)14(17)18/h3-5,10,13,16H,6-8H2,1-2H3,(H,17,18)/t10-,13+/m1/s1. The number of nitrogens with one attached hydrogen (secondary N) is 1. The summed E-state index contributed by atoms with van der Waals surface area (Å²) in [5.41, 5.74) is 0.365. The largest absolute Gasteiger partial charge is 0.486 e. The van der Waals surface area contributed by atoms with Crippen molar-refractivity contribution < 1.29 is 27.8 Å². The third-order valence-corrected chi connectivity index (χ3v) is 5.50. The third kappa shape index (κ3) is 3.06. The van der Waals surface area contributed by atoms with Crippen LogP contribution in [0.2, 0.25) is 0 Å².